The number of amides is 3. The Bertz CT molecular complexity index is 2010. The van der Waals surface area contributed by atoms with E-state index in [-0.39, 0.29) is 11.6 Å². The molecular weight excluding hydrogens is 687 g/mol. The summed E-state index contributed by atoms with van der Waals surface area (Å²) in [5.41, 5.74) is 4.01. The van der Waals surface area contributed by atoms with Crippen LogP contribution in [0.2, 0.25) is 0 Å². The van der Waals surface area contributed by atoms with Crippen LogP contribution in [-0.2, 0) is 27.2 Å². The lowest BCUT2D eigenvalue weighted by atomic mass is 10.1. The average Bonchev–Trinajstić information content (AvgIpc) is 3.71. The molecule has 254 valence electrons. The molecule has 1 aliphatic rings. The summed E-state index contributed by atoms with van der Waals surface area (Å²) in [6.07, 6.45) is 6.41. The smallest absolute Gasteiger partial charge is 0.341 e. The molecule has 50 heavy (non-hydrogen) atoms. The number of rotatable bonds is 11. The minimum Gasteiger partial charge on any atom is -0.465 e. The fourth-order valence-electron chi connectivity index (χ4n) is 5.67. The van der Waals surface area contributed by atoms with Crippen LogP contribution in [0.5, 0.6) is 0 Å². The van der Waals surface area contributed by atoms with Crippen molar-refractivity contribution in [2.24, 2.45) is 0 Å². The molecule has 0 saturated heterocycles. The van der Waals surface area contributed by atoms with Gasteiger partial charge in [-0.2, -0.15) is 11.3 Å². The van der Waals surface area contributed by atoms with Crippen molar-refractivity contribution in [1.82, 2.24) is 5.32 Å². The Kier molecular flexibility index (Phi) is 11.6. The third-order valence-electron chi connectivity index (χ3n) is 8.12. The summed E-state index contributed by atoms with van der Waals surface area (Å²) in [6, 6.07) is 27.2. The normalized spacial score (nSPS) is 13.3. The van der Waals surface area contributed by atoms with Crippen LogP contribution in [-0.4, -0.2) is 30.8 Å². The second kappa shape index (κ2) is 16.6. The van der Waals surface area contributed by atoms with Crippen LogP contribution in [0.15, 0.2) is 112 Å². The lowest BCUT2D eigenvalue weighted by molar-refractivity contribution is -0.116. The van der Waals surface area contributed by atoms with Gasteiger partial charge in [-0.25, -0.2) is 4.79 Å². The molecule has 6 rings (SSSR count). The quantitative estimate of drug-likeness (QED) is 0.0544. The monoisotopic (exact) mass is 721 g/mol. The van der Waals surface area contributed by atoms with E-state index in [4.69, 9.17) is 4.74 Å². The molecule has 0 saturated carbocycles. The molecule has 3 aromatic carbocycles. The largest absolute Gasteiger partial charge is 0.465 e. The SMILES string of the molecule is COC(=O)c1c(NC(=O)C(Sc2cccc(NC(=O)/C(=C/c3ccsc3)NC(=O)c3ccccc3)c2)c2ccccc2)sc2c1CCCCC2. The van der Waals surface area contributed by atoms with E-state index in [0.717, 1.165) is 58.6 Å². The van der Waals surface area contributed by atoms with E-state index in [1.807, 2.05) is 59.3 Å². The zero-order valence-electron chi connectivity index (χ0n) is 27.3. The Morgan fingerprint density at radius 1 is 0.860 bits per heavy atom. The maximum absolute atomic E-state index is 14.1. The number of benzene rings is 3. The van der Waals surface area contributed by atoms with Gasteiger partial charge in [-0.15, -0.1) is 23.1 Å². The van der Waals surface area contributed by atoms with Gasteiger partial charge in [0.2, 0.25) is 5.91 Å². The maximum atomic E-state index is 14.1. The second-order valence-corrected chi connectivity index (χ2v) is 14.6. The van der Waals surface area contributed by atoms with Crippen molar-refractivity contribution in [3.63, 3.8) is 0 Å². The van der Waals surface area contributed by atoms with Crippen LogP contribution < -0.4 is 16.0 Å². The summed E-state index contributed by atoms with van der Waals surface area (Å²) in [5.74, 6) is -1.62. The summed E-state index contributed by atoms with van der Waals surface area (Å²) >= 11 is 4.27. The molecule has 0 radical (unpaired) electrons. The molecular formula is C39H35N3O5S3. The molecule has 2 aromatic heterocycles. The Morgan fingerprint density at radius 3 is 2.36 bits per heavy atom. The van der Waals surface area contributed by atoms with Crippen molar-refractivity contribution in [2.75, 3.05) is 17.7 Å². The Hall–Kier alpha value is -4.97. The highest BCUT2D eigenvalue weighted by Gasteiger charge is 2.29. The molecule has 0 fully saturated rings. The second-order valence-electron chi connectivity index (χ2n) is 11.6. The molecule has 11 heteroatoms. The fraction of sp³-hybridized carbons (Fsp3) is 0.179. The number of esters is 1. The number of methoxy groups -OCH3 is 1. The summed E-state index contributed by atoms with van der Waals surface area (Å²) in [6.45, 7) is 0. The van der Waals surface area contributed by atoms with E-state index >= 15 is 0 Å². The van der Waals surface area contributed by atoms with Crippen LogP contribution in [0.25, 0.3) is 6.08 Å². The first kappa shape index (κ1) is 34.9. The van der Waals surface area contributed by atoms with Gasteiger partial charge < -0.3 is 20.7 Å². The first-order chi connectivity index (χ1) is 24.4. The molecule has 8 nitrogen and oxygen atoms in total. The topological polar surface area (TPSA) is 114 Å². The zero-order chi connectivity index (χ0) is 34.9. The van der Waals surface area contributed by atoms with Crippen molar-refractivity contribution < 1.29 is 23.9 Å². The van der Waals surface area contributed by atoms with Crippen LogP contribution in [0, 0.1) is 0 Å². The molecule has 0 aliphatic heterocycles. The van der Waals surface area contributed by atoms with Gasteiger partial charge in [0.05, 0.1) is 12.7 Å². The molecule has 0 spiro atoms. The van der Waals surface area contributed by atoms with Crippen molar-refractivity contribution >= 4 is 74.9 Å². The van der Waals surface area contributed by atoms with Gasteiger partial charge in [0.15, 0.2) is 0 Å². The van der Waals surface area contributed by atoms with Crippen molar-refractivity contribution in [2.45, 2.75) is 42.2 Å². The predicted molar refractivity (Wildman–Crippen MR) is 202 cm³/mol. The Labute approximate surface area is 303 Å². The standard InChI is InChI=1S/C39H35N3O5S3/c1-47-39(46)33-30-18-9-4-10-19-32(30)50-38(33)42-37(45)34(26-12-5-2-6-13-26)49-29-17-11-16-28(23-29)40-36(44)31(22-25-20-21-48-24-25)41-35(43)27-14-7-3-8-15-27/h2-3,5-8,11-17,20-24,34H,4,9-10,18-19H2,1H3,(H,40,44)(H,41,43)(H,42,45)/b31-22-. The number of carbonyl (C=O) groups excluding carboxylic acids is 4. The van der Waals surface area contributed by atoms with E-state index in [2.05, 4.69) is 16.0 Å². The average molecular weight is 722 g/mol. The van der Waals surface area contributed by atoms with E-state index < -0.39 is 23.0 Å². The van der Waals surface area contributed by atoms with Crippen LogP contribution in [0.4, 0.5) is 10.7 Å². The van der Waals surface area contributed by atoms with Gasteiger partial charge in [0.1, 0.15) is 15.9 Å². The molecule has 1 unspecified atom stereocenters. The van der Waals surface area contributed by atoms with Crippen LogP contribution in [0.1, 0.15) is 66.8 Å². The number of nitrogens with one attached hydrogen (secondary N) is 3. The molecule has 0 bridgehead atoms. The van der Waals surface area contributed by atoms with Gasteiger partial charge in [-0.3, -0.25) is 14.4 Å². The number of hydrogen-bond acceptors (Lipinski definition) is 8. The molecule has 3 N–H and O–H groups in total. The highest BCUT2D eigenvalue weighted by Crippen LogP contribution is 2.41. The number of thiophene rings is 2. The highest BCUT2D eigenvalue weighted by molar-refractivity contribution is 8.00. The molecule has 2 heterocycles. The molecule has 3 amide bonds. The first-order valence-electron chi connectivity index (χ1n) is 16.2. The summed E-state index contributed by atoms with van der Waals surface area (Å²) in [7, 11) is 1.36. The Balaban J connectivity index is 1.23. The number of thioether (sulfide) groups is 1. The Morgan fingerprint density at radius 2 is 1.62 bits per heavy atom. The van der Waals surface area contributed by atoms with E-state index in [0.29, 0.717) is 21.8 Å². The van der Waals surface area contributed by atoms with Gasteiger partial charge in [0, 0.05) is 21.0 Å². The third kappa shape index (κ3) is 8.60. The lowest BCUT2D eigenvalue weighted by Crippen LogP contribution is -2.30. The number of ether oxygens (including phenoxy) is 1. The van der Waals surface area contributed by atoms with Crippen LogP contribution in [0.3, 0.4) is 0 Å². The van der Waals surface area contributed by atoms with E-state index in [1.54, 1.807) is 48.5 Å². The van der Waals surface area contributed by atoms with Gasteiger partial charge >= 0.3 is 5.97 Å². The van der Waals surface area contributed by atoms with Crippen molar-refractivity contribution in [3.8, 4) is 0 Å². The summed E-state index contributed by atoms with van der Waals surface area (Å²) in [5, 5.41) is 12.4. The van der Waals surface area contributed by atoms with E-state index in [9.17, 15) is 19.2 Å². The number of anilines is 2. The summed E-state index contributed by atoms with van der Waals surface area (Å²) < 4.78 is 5.15. The maximum Gasteiger partial charge on any atom is 0.341 e. The van der Waals surface area contributed by atoms with Crippen molar-refractivity contribution in [3.05, 3.63) is 140 Å². The van der Waals surface area contributed by atoms with Crippen LogP contribution >= 0.6 is 34.4 Å². The third-order valence-corrected chi connectivity index (χ3v) is 11.3. The minimum absolute atomic E-state index is 0.0904. The molecule has 5 aromatic rings. The number of hydrogen-bond donors (Lipinski definition) is 3. The number of fused-ring (bicyclic) bond motifs is 1. The van der Waals surface area contributed by atoms with Gasteiger partial charge in [-0.05, 0) is 95.6 Å². The molecule has 1 aliphatic carbocycles. The number of carbonyl (C=O) groups is 4. The van der Waals surface area contributed by atoms with Crippen molar-refractivity contribution in [1.29, 1.82) is 0 Å². The van der Waals surface area contributed by atoms with Gasteiger partial charge in [0.25, 0.3) is 11.8 Å². The lowest BCUT2D eigenvalue weighted by Gasteiger charge is -2.18. The highest BCUT2D eigenvalue weighted by atomic mass is 32.2. The van der Waals surface area contributed by atoms with Gasteiger partial charge in [-0.1, -0.05) is 61.0 Å². The number of aryl methyl sites for hydroxylation is 1. The minimum atomic E-state index is -0.672. The van der Waals surface area contributed by atoms with E-state index in [1.165, 1.54) is 41.5 Å². The predicted octanol–water partition coefficient (Wildman–Crippen LogP) is 8.75. The zero-order valence-corrected chi connectivity index (χ0v) is 29.7. The molecule has 1 atom stereocenters. The first-order valence-corrected chi connectivity index (χ1v) is 18.8. The summed E-state index contributed by atoms with van der Waals surface area (Å²) in [4.78, 5) is 55.5. The fourth-order valence-corrected chi connectivity index (χ4v) is 8.66.